The van der Waals surface area contributed by atoms with Crippen LogP contribution in [0.4, 0.5) is 11.4 Å². The molecule has 0 bridgehead atoms. The molecule has 0 unspecified atom stereocenters. The largest absolute Gasteiger partial charge is 0.369 e. The third kappa shape index (κ3) is 6.02. The average molecular weight is 545 g/mol. The zero-order chi connectivity index (χ0) is 27.4. The summed E-state index contributed by atoms with van der Waals surface area (Å²) >= 11 is 1.51. The van der Waals surface area contributed by atoms with Crippen LogP contribution in [0.2, 0.25) is 0 Å². The Morgan fingerprint density at radius 3 is 2.46 bits per heavy atom. The highest BCUT2D eigenvalue weighted by atomic mass is 32.1. The van der Waals surface area contributed by atoms with Crippen molar-refractivity contribution < 1.29 is 4.79 Å². The highest BCUT2D eigenvalue weighted by Gasteiger charge is 2.38. The maximum Gasteiger partial charge on any atom is 0.261 e. The maximum absolute atomic E-state index is 14.0. The van der Waals surface area contributed by atoms with Gasteiger partial charge in [-0.3, -0.25) is 14.7 Å². The van der Waals surface area contributed by atoms with Gasteiger partial charge in [0, 0.05) is 55.4 Å². The first-order chi connectivity index (χ1) is 19.0. The number of carbonyl (C=O) groups is 1. The number of amidine groups is 1. The van der Waals surface area contributed by atoms with Gasteiger partial charge in [-0.25, -0.2) is 4.99 Å². The van der Waals surface area contributed by atoms with E-state index >= 15 is 0 Å². The molecule has 8 heteroatoms. The molecule has 5 rings (SSSR count). The number of benzene rings is 1. The number of aromatic nitrogens is 1. The van der Waals surface area contributed by atoms with Gasteiger partial charge in [-0.2, -0.15) is 0 Å². The van der Waals surface area contributed by atoms with Gasteiger partial charge in [-0.05, 0) is 75.9 Å². The number of piperazine rings is 1. The fraction of sp³-hybridized carbons (Fsp3) is 0.452. The van der Waals surface area contributed by atoms with Crippen LogP contribution in [-0.2, 0) is 4.79 Å². The van der Waals surface area contributed by atoms with Gasteiger partial charge < -0.3 is 15.5 Å². The van der Waals surface area contributed by atoms with Crippen molar-refractivity contribution in [3.05, 3.63) is 69.5 Å². The Balaban J connectivity index is 1.53. The minimum absolute atomic E-state index is 0.0313. The molecule has 0 radical (unpaired) electrons. The zero-order valence-corrected chi connectivity index (χ0v) is 24.4. The predicted octanol–water partition coefficient (Wildman–Crippen LogP) is 6.21. The summed E-state index contributed by atoms with van der Waals surface area (Å²) in [5.74, 6) is 1.60. The Morgan fingerprint density at radius 2 is 1.85 bits per heavy atom. The molecule has 1 aliphatic carbocycles. The molecule has 1 saturated heterocycles. The number of nitrogens with zero attached hydrogens (tertiary/aromatic N) is 4. The van der Waals surface area contributed by atoms with Crippen molar-refractivity contribution in [2.24, 2.45) is 4.99 Å². The molecule has 2 fully saturated rings. The van der Waals surface area contributed by atoms with Crippen LogP contribution in [0.5, 0.6) is 0 Å². The minimum atomic E-state index is 0.0313. The second-order valence-electron chi connectivity index (χ2n) is 10.8. The van der Waals surface area contributed by atoms with Crippen molar-refractivity contribution in [2.45, 2.75) is 65.8 Å². The molecule has 0 spiro atoms. The van der Waals surface area contributed by atoms with E-state index in [2.05, 4.69) is 72.5 Å². The first kappa shape index (κ1) is 27.3. The van der Waals surface area contributed by atoms with Crippen molar-refractivity contribution >= 4 is 40.0 Å². The van der Waals surface area contributed by atoms with Crippen LogP contribution < -0.4 is 15.5 Å². The first-order valence-corrected chi connectivity index (χ1v) is 15.1. The third-order valence-electron chi connectivity index (χ3n) is 7.90. The normalized spacial score (nSPS) is 20.4. The smallest absolute Gasteiger partial charge is 0.261 e. The summed E-state index contributed by atoms with van der Waals surface area (Å²) in [5, 5.41) is 7.02. The number of carbonyl (C=O) groups excluding carboxylic acids is 1. The predicted molar refractivity (Wildman–Crippen MR) is 163 cm³/mol. The Morgan fingerprint density at radius 1 is 1.13 bits per heavy atom. The van der Waals surface area contributed by atoms with Gasteiger partial charge in [0.25, 0.3) is 5.91 Å². The van der Waals surface area contributed by atoms with E-state index in [-0.39, 0.29) is 11.9 Å². The van der Waals surface area contributed by atoms with E-state index in [1.165, 1.54) is 17.0 Å². The van der Waals surface area contributed by atoms with Crippen LogP contribution in [0, 0.1) is 0 Å². The van der Waals surface area contributed by atoms with Gasteiger partial charge in [-0.15, -0.1) is 11.3 Å². The molecule has 0 atom stereocenters. The lowest BCUT2D eigenvalue weighted by molar-refractivity contribution is -0.123. The van der Waals surface area contributed by atoms with E-state index in [9.17, 15) is 4.79 Å². The Kier molecular flexibility index (Phi) is 8.63. The van der Waals surface area contributed by atoms with Crippen LogP contribution >= 0.6 is 11.3 Å². The van der Waals surface area contributed by atoms with Gasteiger partial charge in [0.1, 0.15) is 11.7 Å². The molecule has 7 nitrogen and oxygen atoms in total. The molecule has 1 aromatic carbocycles. The lowest BCUT2D eigenvalue weighted by Gasteiger charge is -2.35. The SMILES string of the molecule is CC/C(C)=C(/N=C1\C(=C(C)C)C=C(c2cncs2)C(=O)N1C1CCCC1)Nc1ccc(N2CCNCC2)cc1. The number of anilines is 2. The second kappa shape index (κ2) is 12.3. The van der Waals surface area contributed by atoms with E-state index in [1.54, 1.807) is 11.7 Å². The van der Waals surface area contributed by atoms with Crippen LogP contribution in [0.1, 0.15) is 64.7 Å². The maximum atomic E-state index is 14.0. The van der Waals surface area contributed by atoms with E-state index < -0.39 is 0 Å². The lowest BCUT2D eigenvalue weighted by atomic mass is 9.96. The van der Waals surface area contributed by atoms with Gasteiger partial charge in [0.2, 0.25) is 0 Å². The quantitative estimate of drug-likeness (QED) is 0.434. The van der Waals surface area contributed by atoms with E-state index in [0.29, 0.717) is 5.57 Å². The minimum Gasteiger partial charge on any atom is -0.369 e. The number of rotatable bonds is 7. The molecule has 1 aromatic heterocycles. The first-order valence-electron chi connectivity index (χ1n) is 14.2. The molecule has 2 N–H and O–H groups in total. The fourth-order valence-corrected chi connectivity index (χ4v) is 6.08. The van der Waals surface area contributed by atoms with Gasteiger partial charge >= 0.3 is 0 Å². The Hall–Kier alpha value is -3.23. The second-order valence-corrected chi connectivity index (χ2v) is 11.7. The van der Waals surface area contributed by atoms with Crippen LogP contribution in [0.15, 0.2) is 69.6 Å². The van der Waals surface area contributed by atoms with Crippen LogP contribution in [0.3, 0.4) is 0 Å². The molecule has 39 heavy (non-hydrogen) atoms. The number of amides is 1. The molecule has 2 aromatic rings. The molecule has 2 aliphatic heterocycles. The highest BCUT2D eigenvalue weighted by molar-refractivity contribution is 7.11. The van der Waals surface area contributed by atoms with E-state index in [4.69, 9.17) is 4.99 Å². The summed E-state index contributed by atoms with van der Waals surface area (Å²) in [6.07, 6.45) is 8.97. The number of hydrogen-bond acceptors (Lipinski definition) is 7. The monoisotopic (exact) mass is 544 g/mol. The van der Waals surface area contributed by atoms with Crippen molar-refractivity contribution in [3.8, 4) is 0 Å². The Bertz CT molecular complexity index is 1290. The molecule has 1 saturated carbocycles. The third-order valence-corrected chi connectivity index (χ3v) is 8.70. The summed E-state index contributed by atoms with van der Waals surface area (Å²) in [5.41, 5.74) is 8.05. The molecule has 3 heterocycles. The molecular weight excluding hydrogens is 504 g/mol. The zero-order valence-electron chi connectivity index (χ0n) is 23.6. The summed E-state index contributed by atoms with van der Waals surface area (Å²) < 4.78 is 0. The van der Waals surface area contributed by atoms with Gasteiger partial charge in [0.15, 0.2) is 0 Å². The topological polar surface area (TPSA) is 72.9 Å². The highest BCUT2D eigenvalue weighted by Crippen LogP contribution is 2.36. The summed E-state index contributed by atoms with van der Waals surface area (Å²) in [6, 6.07) is 8.78. The Labute approximate surface area is 236 Å². The van der Waals surface area contributed by atoms with Crippen molar-refractivity contribution in [2.75, 3.05) is 36.4 Å². The number of aliphatic imine (C=N–C) groups is 1. The number of nitrogens with one attached hydrogen (secondary N) is 2. The van der Waals surface area contributed by atoms with E-state index in [0.717, 1.165) is 97.2 Å². The van der Waals surface area contributed by atoms with Gasteiger partial charge in [0.05, 0.1) is 16.0 Å². The van der Waals surface area contributed by atoms with Crippen molar-refractivity contribution in [1.82, 2.24) is 15.2 Å². The van der Waals surface area contributed by atoms with Crippen LogP contribution in [0.25, 0.3) is 5.57 Å². The van der Waals surface area contributed by atoms with E-state index in [1.807, 2.05) is 11.0 Å². The average Bonchev–Trinajstić information content (AvgIpc) is 3.68. The summed E-state index contributed by atoms with van der Waals surface area (Å²) in [6.45, 7) is 12.5. The molecule has 3 aliphatic rings. The molecule has 206 valence electrons. The summed E-state index contributed by atoms with van der Waals surface area (Å²) in [4.78, 5) is 28.9. The van der Waals surface area contributed by atoms with Crippen molar-refractivity contribution in [3.63, 3.8) is 0 Å². The summed E-state index contributed by atoms with van der Waals surface area (Å²) in [7, 11) is 0. The number of allylic oxidation sites excluding steroid dienone is 2. The molecule has 1 amide bonds. The number of hydrogen-bond donors (Lipinski definition) is 2. The van der Waals surface area contributed by atoms with Crippen LogP contribution in [-0.4, -0.2) is 53.8 Å². The number of thiazole rings is 1. The standard InChI is InChI=1S/C31H40N6OS/c1-5-22(4)29(34-23-10-12-24(13-11-23)36-16-14-32-15-17-36)35-30-26(21(2)3)18-27(28-19-33-20-39-28)31(38)37(30)25-8-6-7-9-25/h10-13,18-20,25,32,34H,5-9,14-17H2,1-4H3/b29-22+,35-30+. The lowest BCUT2D eigenvalue weighted by Crippen LogP contribution is -2.47. The fourth-order valence-electron chi connectivity index (χ4n) is 5.45. The molecular formula is C31H40N6OS. The van der Waals surface area contributed by atoms with Gasteiger partial charge in [-0.1, -0.05) is 25.3 Å². The van der Waals surface area contributed by atoms with Crippen molar-refractivity contribution in [1.29, 1.82) is 0 Å².